The molecule has 0 aliphatic rings. The van der Waals surface area contributed by atoms with Gasteiger partial charge in [-0.15, -0.1) is 16.8 Å². The molecule has 0 unspecified atom stereocenters. The van der Waals surface area contributed by atoms with E-state index in [4.69, 9.17) is 23.2 Å². The number of amides is 2. The van der Waals surface area contributed by atoms with Gasteiger partial charge in [0.05, 0.1) is 16.8 Å². The van der Waals surface area contributed by atoms with Gasteiger partial charge in [-0.3, -0.25) is 9.59 Å². The van der Waals surface area contributed by atoms with Crippen LogP contribution in [-0.4, -0.2) is 32.3 Å². The normalized spacial score (nSPS) is 11.6. The molecule has 2 N–H and O–H groups in total. The van der Waals surface area contributed by atoms with E-state index >= 15 is 0 Å². The maximum atomic E-state index is 13.3. The summed E-state index contributed by atoms with van der Waals surface area (Å²) in [6, 6.07) is 10.0. The fourth-order valence-corrected chi connectivity index (χ4v) is 3.94. The number of nitrogens with one attached hydrogen (secondary N) is 2. The highest BCUT2D eigenvalue weighted by molar-refractivity contribution is 7.99. The van der Waals surface area contributed by atoms with E-state index in [1.165, 1.54) is 30.0 Å². The van der Waals surface area contributed by atoms with Gasteiger partial charge in [-0.05, 0) is 49.4 Å². The zero-order valence-electron chi connectivity index (χ0n) is 17.5. The summed E-state index contributed by atoms with van der Waals surface area (Å²) in [6.07, 6.45) is 1.67. The van der Waals surface area contributed by atoms with Gasteiger partial charge in [0.1, 0.15) is 5.82 Å². The zero-order valence-corrected chi connectivity index (χ0v) is 19.8. The molecule has 0 bridgehead atoms. The number of aromatic nitrogens is 3. The summed E-state index contributed by atoms with van der Waals surface area (Å²) >= 11 is 12.8. The minimum atomic E-state index is -0.564. The number of benzene rings is 2. The Bertz CT molecular complexity index is 1170. The van der Waals surface area contributed by atoms with Gasteiger partial charge >= 0.3 is 0 Å². The Morgan fingerprint density at radius 2 is 1.94 bits per heavy atom. The van der Waals surface area contributed by atoms with Gasteiger partial charge in [0.2, 0.25) is 5.91 Å². The van der Waals surface area contributed by atoms with Crippen LogP contribution in [0.5, 0.6) is 0 Å². The Kier molecular flexibility index (Phi) is 8.49. The predicted octanol–water partition coefficient (Wildman–Crippen LogP) is 5.13. The first kappa shape index (κ1) is 24.8. The quantitative estimate of drug-likeness (QED) is 0.309. The van der Waals surface area contributed by atoms with Gasteiger partial charge < -0.3 is 15.2 Å². The molecule has 2 amide bonds. The summed E-state index contributed by atoms with van der Waals surface area (Å²) in [5, 5.41) is 14.8. The molecule has 7 nitrogen and oxygen atoms in total. The number of thioether (sulfide) groups is 1. The molecule has 0 aliphatic carbocycles. The van der Waals surface area contributed by atoms with Crippen molar-refractivity contribution in [2.75, 3.05) is 11.1 Å². The summed E-state index contributed by atoms with van der Waals surface area (Å²) < 4.78 is 15.0. The lowest BCUT2D eigenvalue weighted by molar-refractivity contribution is -0.113. The molecule has 0 spiro atoms. The van der Waals surface area contributed by atoms with Crippen LogP contribution in [0.4, 0.5) is 10.1 Å². The molecular formula is C22H20Cl2FN5O2S. The summed E-state index contributed by atoms with van der Waals surface area (Å²) in [6.45, 7) is 5.93. The molecular weight excluding hydrogens is 488 g/mol. The third kappa shape index (κ3) is 6.56. The molecule has 2 aromatic carbocycles. The maximum absolute atomic E-state index is 13.3. The van der Waals surface area contributed by atoms with Gasteiger partial charge in [0.25, 0.3) is 5.91 Å². The lowest BCUT2D eigenvalue weighted by Crippen LogP contribution is -2.28. The van der Waals surface area contributed by atoms with Crippen LogP contribution >= 0.6 is 35.0 Å². The zero-order chi connectivity index (χ0) is 24.0. The molecule has 33 heavy (non-hydrogen) atoms. The van der Waals surface area contributed by atoms with E-state index in [-0.39, 0.29) is 22.6 Å². The molecule has 3 rings (SSSR count). The summed E-state index contributed by atoms with van der Waals surface area (Å²) in [5.74, 6) is -0.604. The van der Waals surface area contributed by atoms with Crippen molar-refractivity contribution < 1.29 is 14.0 Å². The molecule has 1 heterocycles. The van der Waals surface area contributed by atoms with E-state index < -0.39 is 11.9 Å². The van der Waals surface area contributed by atoms with E-state index in [2.05, 4.69) is 27.4 Å². The van der Waals surface area contributed by atoms with E-state index in [1.54, 1.807) is 41.8 Å². The molecule has 0 aliphatic heterocycles. The molecule has 1 atom stereocenters. The Labute approximate surface area is 204 Å². The topological polar surface area (TPSA) is 88.9 Å². The molecule has 3 aromatic rings. The highest BCUT2D eigenvalue weighted by atomic mass is 35.5. The lowest BCUT2D eigenvalue weighted by Gasteiger charge is -2.15. The first-order valence-corrected chi connectivity index (χ1v) is 11.5. The lowest BCUT2D eigenvalue weighted by atomic mass is 10.2. The number of hydrogen-bond acceptors (Lipinski definition) is 5. The summed E-state index contributed by atoms with van der Waals surface area (Å²) in [7, 11) is 0. The predicted molar refractivity (Wildman–Crippen MR) is 128 cm³/mol. The summed E-state index contributed by atoms with van der Waals surface area (Å²) in [4.78, 5) is 24.8. The minimum absolute atomic E-state index is 0.0375. The van der Waals surface area contributed by atoms with E-state index in [0.717, 1.165) is 0 Å². The Hall–Kier alpha value is -2.88. The third-order valence-electron chi connectivity index (χ3n) is 4.43. The van der Waals surface area contributed by atoms with Gasteiger partial charge in [-0.2, -0.15) is 0 Å². The average Bonchev–Trinajstić information content (AvgIpc) is 3.18. The highest BCUT2D eigenvalue weighted by Gasteiger charge is 2.20. The highest BCUT2D eigenvalue weighted by Crippen LogP contribution is 2.23. The number of carbonyl (C=O) groups excluding carboxylic acids is 2. The fraction of sp³-hybridized carbons (Fsp3) is 0.182. The number of hydrogen-bond donors (Lipinski definition) is 2. The molecule has 0 radical (unpaired) electrons. The Morgan fingerprint density at radius 3 is 2.61 bits per heavy atom. The van der Waals surface area contributed by atoms with E-state index in [1.807, 2.05) is 0 Å². The molecule has 11 heteroatoms. The largest absolute Gasteiger partial charge is 0.342 e. The van der Waals surface area contributed by atoms with Crippen molar-refractivity contribution >= 4 is 52.5 Å². The van der Waals surface area contributed by atoms with Crippen molar-refractivity contribution in [1.29, 1.82) is 0 Å². The Balaban J connectivity index is 1.65. The van der Waals surface area contributed by atoms with Gasteiger partial charge in [-0.1, -0.05) is 41.0 Å². The number of carbonyl (C=O) groups is 2. The first-order valence-electron chi connectivity index (χ1n) is 9.76. The van der Waals surface area contributed by atoms with E-state index in [0.29, 0.717) is 33.8 Å². The second kappa shape index (κ2) is 11.3. The summed E-state index contributed by atoms with van der Waals surface area (Å²) in [5.41, 5.74) is 0.854. The van der Waals surface area contributed by atoms with Crippen molar-refractivity contribution in [3.8, 4) is 0 Å². The van der Waals surface area contributed by atoms with Crippen LogP contribution in [-0.2, 0) is 11.3 Å². The number of anilines is 1. The van der Waals surface area contributed by atoms with E-state index in [9.17, 15) is 14.0 Å². The van der Waals surface area contributed by atoms with Crippen LogP contribution in [0.15, 0.2) is 60.3 Å². The van der Waals surface area contributed by atoms with Gasteiger partial charge in [0.15, 0.2) is 11.0 Å². The average molecular weight is 508 g/mol. The van der Waals surface area contributed by atoms with Gasteiger partial charge in [0, 0.05) is 22.8 Å². The molecule has 172 valence electrons. The first-order chi connectivity index (χ1) is 15.8. The van der Waals surface area contributed by atoms with Crippen molar-refractivity contribution in [2.45, 2.75) is 24.7 Å². The molecule has 1 aromatic heterocycles. The van der Waals surface area contributed by atoms with Crippen molar-refractivity contribution in [1.82, 2.24) is 20.1 Å². The standard InChI is InChI=1S/C22H20Cl2FN5O2S/c1-3-10-30-20(13(2)26-21(32)14-4-6-15(23)7-5-14)28-29-22(30)33-12-19(31)27-16-8-9-18(25)17(24)11-16/h3-9,11,13H,1,10,12H2,2H3,(H,26,32)(H,27,31)/t13-/m1/s1. The maximum Gasteiger partial charge on any atom is 0.251 e. The van der Waals surface area contributed by atoms with Crippen LogP contribution in [0, 0.1) is 5.82 Å². The van der Waals surface area contributed by atoms with Gasteiger partial charge in [-0.25, -0.2) is 4.39 Å². The fourth-order valence-electron chi connectivity index (χ4n) is 2.87. The second-order valence-corrected chi connectivity index (χ2v) is 8.69. The van der Waals surface area contributed by atoms with Crippen LogP contribution < -0.4 is 10.6 Å². The Morgan fingerprint density at radius 1 is 1.21 bits per heavy atom. The molecule has 0 fully saturated rings. The van der Waals surface area contributed by atoms with Crippen molar-refractivity contribution in [3.63, 3.8) is 0 Å². The number of rotatable bonds is 9. The van der Waals surface area contributed by atoms with Crippen molar-refractivity contribution in [2.24, 2.45) is 0 Å². The van der Waals surface area contributed by atoms with Crippen LogP contribution in [0.3, 0.4) is 0 Å². The van der Waals surface area contributed by atoms with Crippen LogP contribution in [0.1, 0.15) is 29.1 Å². The smallest absolute Gasteiger partial charge is 0.251 e. The van der Waals surface area contributed by atoms with Crippen LogP contribution in [0.2, 0.25) is 10.0 Å². The number of nitrogens with zero attached hydrogens (tertiary/aromatic N) is 3. The van der Waals surface area contributed by atoms with Crippen molar-refractivity contribution in [3.05, 3.63) is 82.4 Å². The monoisotopic (exact) mass is 507 g/mol. The SMILES string of the molecule is C=CCn1c(SCC(=O)Nc2ccc(F)c(Cl)c2)nnc1[C@@H](C)NC(=O)c1ccc(Cl)cc1. The molecule has 0 saturated heterocycles. The van der Waals surface area contributed by atoms with Crippen LogP contribution in [0.25, 0.3) is 0 Å². The number of allylic oxidation sites excluding steroid dienone is 1. The third-order valence-corrected chi connectivity index (χ3v) is 5.94. The molecule has 0 saturated carbocycles. The minimum Gasteiger partial charge on any atom is -0.342 e. The number of halogens is 3. The second-order valence-electron chi connectivity index (χ2n) is 6.91.